The highest BCUT2D eigenvalue weighted by Gasteiger charge is 2.38. The molecule has 1 fully saturated rings. The Morgan fingerprint density at radius 3 is 2.62 bits per heavy atom. The fourth-order valence-corrected chi connectivity index (χ4v) is 2.80. The number of benzene rings is 2. The van der Waals surface area contributed by atoms with E-state index in [2.05, 4.69) is 5.32 Å². The Morgan fingerprint density at radius 1 is 1.17 bits per heavy atom. The molecule has 1 heterocycles. The van der Waals surface area contributed by atoms with Crippen molar-refractivity contribution in [3.63, 3.8) is 0 Å². The first kappa shape index (κ1) is 16.2. The molecular weight excluding hydrogens is 304 g/mol. The second-order valence-corrected chi connectivity index (χ2v) is 5.83. The molecular formula is C19H20N2O3. The highest BCUT2D eigenvalue weighted by Crippen LogP contribution is 2.21. The highest BCUT2D eigenvalue weighted by molar-refractivity contribution is 6.05. The molecule has 1 unspecified atom stereocenters. The average molecular weight is 324 g/mol. The van der Waals surface area contributed by atoms with Gasteiger partial charge in [0.2, 0.25) is 5.91 Å². The molecule has 124 valence electrons. The summed E-state index contributed by atoms with van der Waals surface area (Å²) in [6.07, 6.45) is 0.257. The second-order valence-electron chi connectivity index (χ2n) is 5.83. The van der Waals surface area contributed by atoms with Gasteiger partial charge in [0.25, 0.3) is 5.91 Å². The van der Waals surface area contributed by atoms with E-state index < -0.39 is 6.04 Å². The Morgan fingerprint density at radius 2 is 1.92 bits per heavy atom. The van der Waals surface area contributed by atoms with Crippen molar-refractivity contribution < 1.29 is 14.3 Å². The monoisotopic (exact) mass is 324 g/mol. The molecule has 0 saturated carbocycles. The summed E-state index contributed by atoms with van der Waals surface area (Å²) in [4.78, 5) is 26.0. The van der Waals surface area contributed by atoms with Crippen LogP contribution in [0.4, 0.5) is 5.69 Å². The zero-order valence-corrected chi connectivity index (χ0v) is 13.6. The van der Waals surface area contributed by atoms with E-state index in [1.807, 2.05) is 54.6 Å². The van der Waals surface area contributed by atoms with Crippen LogP contribution < -0.4 is 10.2 Å². The Hall–Kier alpha value is -2.66. The summed E-state index contributed by atoms with van der Waals surface area (Å²) in [6, 6.07) is 16.7. The number of nitrogens with zero attached hydrogens (tertiary/aromatic N) is 1. The van der Waals surface area contributed by atoms with Crippen LogP contribution in [0.1, 0.15) is 11.1 Å². The quantitative estimate of drug-likeness (QED) is 0.826. The van der Waals surface area contributed by atoms with Gasteiger partial charge in [0.15, 0.2) is 0 Å². The van der Waals surface area contributed by atoms with Crippen LogP contribution in [0.25, 0.3) is 0 Å². The number of carbonyl (C=O) groups excluding carboxylic acids is 2. The van der Waals surface area contributed by atoms with Crippen molar-refractivity contribution in [2.24, 2.45) is 0 Å². The van der Waals surface area contributed by atoms with Crippen LogP contribution in [0.15, 0.2) is 54.6 Å². The summed E-state index contributed by atoms with van der Waals surface area (Å²) in [5.41, 5.74) is 2.80. The Balaban J connectivity index is 1.53. The molecule has 1 saturated heterocycles. The SMILES string of the molecule is COCc1cccc(CC(=O)NC2CN(c3ccccc3)C2=O)c1. The first-order valence-corrected chi connectivity index (χ1v) is 7.90. The lowest BCUT2D eigenvalue weighted by atomic mass is 10.0. The first-order valence-electron chi connectivity index (χ1n) is 7.90. The summed E-state index contributed by atoms with van der Waals surface area (Å²) in [5, 5.41) is 2.80. The van der Waals surface area contributed by atoms with Crippen LogP contribution in [0, 0.1) is 0 Å². The van der Waals surface area contributed by atoms with Gasteiger partial charge in [-0.05, 0) is 23.3 Å². The fraction of sp³-hybridized carbons (Fsp3) is 0.263. The largest absolute Gasteiger partial charge is 0.380 e. The van der Waals surface area contributed by atoms with Crippen LogP contribution in [-0.4, -0.2) is 31.5 Å². The van der Waals surface area contributed by atoms with Crippen LogP contribution in [0.2, 0.25) is 0 Å². The smallest absolute Gasteiger partial charge is 0.251 e. The molecule has 1 N–H and O–H groups in total. The number of amides is 2. The molecule has 3 rings (SSSR count). The number of anilines is 1. The van der Waals surface area contributed by atoms with Crippen molar-refractivity contribution in [2.75, 3.05) is 18.6 Å². The van der Waals surface area contributed by atoms with E-state index in [9.17, 15) is 9.59 Å². The van der Waals surface area contributed by atoms with Crippen LogP contribution in [0.3, 0.4) is 0 Å². The van der Waals surface area contributed by atoms with Gasteiger partial charge in [0, 0.05) is 12.8 Å². The van der Waals surface area contributed by atoms with E-state index >= 15 is 0 Å². The third-order valence-electron chi connectivity index (χ3n) is 4.00. The molecule has 0 bridgehead atoms. The molecule has 24 heavy (non-hydrogen) atoms. The fourth-order valence-electron chi connectivity index (χ4n) is 2.80. The lowest BCUT2D eigenvalue weighted by molar-refractivity contribution is -0.130. The number of carbonyl (C=O) groups is 2. The Labute approximate surface area is 141 Å². The van der Waals surface area contributed by atoms with Crippen molar-refractivity contribution in [2.45, 2.75) is 19.1 Å². The van der Waals surface area contributed by atoms with Crippen molar-refractivity contribution in [1.29, 1.82) is 0 Å². The maximum atomic E-state index is 12.2. The number of methoxy groups -OCH3 is 1. The van der Waals surface area contributed by atoms with Crippen molar-refractivity contribution >= 4 is 17.5 Å². The van der Waals surface area contributed by atoms with Crippen molar-refractivity contribution in [3.8, 4) is 0 Å². The predicted molar refractivity (Wildman–Crippen MR) is 91.6 cm³/mol. The zero-order valence-electron chi connectivity index (χ0n) is 13.6. The third kappa shape index (κ3) is 3.63. The van der Waals surface area contributed by atoms with Gasteiger partial charge in [0.05, 0.1) is 19.6 Å². The summed E-state index contributed by atoms with van der Waals surface area (Å²) >= 11 is 0. The van der Waals surface area contributed by atoms with Crippen LogP contribution >= 0.6 is 0 Å². The van der Waals surface area contributed by atoms with Gasteiger partial charge in [-0.1, -0.05) is 42.5 Å². The van der Waals surface area contributed by atoms with Gasteiger partial charge in [-0.25, -0.2) is 0 Å². The van der Waals surface area contributed by atoms with E-state index in [1.54, 1.807) is 12.0 Å². The summed E-state index contributed by atoms with van der Waals surface area (Å²) in [6.45, 7) is 1.03. The topological polar surface area (TPSA) is 58.6 Å². The van der Waals surface area contributed by atoms with Gasteiger partial charge in [0.1, 0.15) is 6.04 Å². The average Bonchev–Trinajstić information content (AvgIpc) is 2.59. The molecule has 1 aliphatic rings. The number of rotatable bonds is 6. The minimum atomic E-state index is -0.431. The lowest BCUT2D eigenvalue weighted by Gasteiger charge is -2.38. The third-order valence-corrected chi connectivity index (χ3v) is 4.00. The highest BCUT2D eigenvalue weighted by atomic mass is 16.5. The molecule has 0 aromatic heterocycles. The Bertz CT molecular complexity index is 730. The summed E-state index contributed by atoms with van der Waals surface area (Å²) in [5.74, 6) is -0.210. The maximum absolute atomic E-state index is 12.2. The molecule has 5 heteroatoms. The molecule has 2 amide bonds. The Kier molecular flexibility index (Phi) is 4.91. The van der Waals surface area contributed by atoms with E-state index in [-0.39, 0.29) is 18.2 Å². The van der Waals surface area contributed by atoms with E-state index in [4.69, 9.17) is 4.74 Å². The number of β-lactam (4-membered cyclic amide) rings is 1. The molecule has 0 radical (unpaired) electrons. The second kappa shape index (κ2) is 7.27. The lowest BCUT2D eigenvalue weighted by Crippen LogP contribution is -2.64. The van der Waals surface area contributed by atoms with E-state index in [0.29, 0.717) is 13.2 Å². The maximum Gasteiger partial charge on any atom is 0.251 e. The number of para-hydroxylation sites is 1. The molecule has 5 nitrogen and oxygen atoms in total. The normalized spacial score (nSPS) is 16.6. The molecule has 1 aliphatic heterocycles. The van der Waals surface area contributed by atoms with Gasteiger partial charge in [-0.2, -0.15) is 0 Å². The first-order chi connectivity index (χ1) is 11.7. The van der Waals surface area contributed by atoms with Gasteiger partial charge >= 0.3 is 0 Å². The predicted octanol–water partition coefficient (Wildman–Crippen LogP) is 1.91. The number of hydrogen-bond acceptors (Lipinski definition) is 3. The number of ether oxygens (including phenoxy) is 1. The van der Waals surface area contributed by atoms with Crippen LogP contribution in [-0.2, 0) is 27.4 Å². The van der Waals surface area contributed by atoms with Gasteiger partial charge in [-0.3, -0.25) is 9.59 Å². The van der Waals surface area contributed by atoms with Gasteiger partial charge in [-0.15, -0.1) is 0 Å². The molecule has 0 aliphatic carbocycles. The molecule has 1 atom stereocenters. The summed E-state index contributed by atoms with van der Waals surface area (Å²) in [7, 11) is 1.64. The van der Waals surface area contributed by atoms with Crippen LogP contribution in [0.5, 0.6) is 0 Å². The zero-order chi connectivity index (χ0) is 16.9. The minimum absolute atomic E-state index is 0.0670. The summed E-state index contributed by atoms with van der Waals surface area (Å²) < 4.78 is 5.10. The number of nitrogens with one attached hydrogen (secondary N) is 1. The minimum Gasteiger partial charge on any atom is -0.380 e. The standard InChI is InChI=1S/C19H20N2O3/c1-24-13-15-7-5-6-14(10-15)11-18(22)20-17-12-21(19(17)23)16-8-3-2-4-9-16/h2-10,17H,11-13H2,1H3,(H,20,22). The molecule has 2 aromatic rings. The molecule has 2 aromatic carbocycles. The van der Waals surface area contributed by atoms with E-state index in [1.165, 1.54) is 0 Å². The van der Waals surface area contributed by atoms with E-state index in [0.717, 1.165) is 16.8 Å². The van der Waals surface area contributed by atoms with Crippen molar-refractivity contribution in [1.82, 2.24) is 5.32 Å². The molecule has 0 spiro atoms. The number of hydrogen-bond donors (Lipinski definition) is 1. The van der Waals surface area contributed by atoms with Gasteiger partial charge < -0.3 is 15.0 Å². The van der Waals surface area contributed by atoms with Crippen molar-refractivity contribution in [3.05, 3.63) is 65.7 Å².